The van der Waals surface area contributed by atoms with Gasteiger partial charge in [0.2, 0.25) is 0 Å². The van der Waals surface area contributed by atoms with E-state index in [9.17, 15) is 13.2 Å². The highest BCUT2D eigenvalue weighted by molar-refractivity contribution is 5.48. The average molecular weight is 190 g/mol. The first-order valence-electron chi connectivity index (χ1n) is 3.66. The van der Waals surface area contributed by atoms with Crippen LogP contribution in [0.4, 0.5) is 18.9 Å². The Morgan fingerprint density at radius 2 is 2.00 bits per heavy atom. The van der Waals surface area contributed by atoms with Gasteiger partial charge in [0, 0.05) is 7.05 Å². The molecule has 0 fully saturated rings. The summed E-state index contributed by atoms with van der Waals surface area (Å²) in [5.74, 6) is 0. The zero-order valence-electron chi connectivity index (χ0n) is 7.24. The Labute approximate surface area is 73.8 Å². The fraction of sp³-hybridized carbons (Fsp3) is 0.375. The molecule has 0 bridgehead atoms. The first-order chi connectivity index (χ1) is 5.95. The van der Waals surface area contributed by atoms with E-state index in [2.05, 4.69) is 10.3 Å². The molecule has 0 aliphatic heterocycles. The minimum atomic E-state index is -4.36. The summed E-state index contributed by atoms with van der Waals surface area (Å²) in [6.07, 6.45) is -3.19. The second-order valence-electron chi connectivity index (χ2n) is 2.63. The van der Waals surface area contributed by atoms with Crippen LogP contribution in [0.25, 0.3) is 0 Å². The lowest BCUT2D eigenvalue weighted by atomic mass is 10.2. The van der Waals surface area contributed by atoms with Gasteiger partial charge in [-0.1, -0.05) is 0 Å². The standard InChI is InChI=1S/C8H9F3N2/c1-5-3-7(8(9,10)11)13-4-6(5)12-2/h3-4,12H,1-2H3. The molecule has 0 spiro atoms. The van der Waals surface area contributed by atoms with Crippen molar-refractivity contribution >= 4 is 5.69 Å². The van der Waals surface area contributed by atoms with E-state index in [1.54, 1.807) is 14.0 Å². The Bertz CT molecular complexity index is 307. The van der Waals surface area contributed by atoms with Gasteiger partial charge in [-0.05, 0) is 18.6 Å². The molecule has 1 N–H and O–H groups in total. The van der Waals surface area contributed by atoms with Crippen LogP contribution in [-0.4, -0.2) is 12.0 Å². The lowest BCUT2D eigenvalue weighted by molar-refractivity contribution is -0.141. The molecule has 1 heterocycles. The summed E-state index contributed by atoms with van der Waals surface area (Å²) in [5.41, 5.74) is 0.279. The number of aromatic nitrogens is 1. The summed E-state index contributed by atoms with van der Waals surface area (Å²) in [4.78, 5) is 3.29. The first kappa shape index (κ1) is 9.83. The minimum absolute atomic E-state index is 0.532. The number of halogens is 3. The Balaban J connectivity index is 3.10. The van der Waals surface area contributed by atoms with Crippen molar-refractivity contribution in [1.82, 2.24) is 4.98 Å². The molecule has 1 aromatic heterocycles. The number of nitrogens with one attached hydrogen (secondary N) is 1. The van der Waals surface area contributed by atoms with Gasteiger partial charge in [-0.15, -0.1) is 0 Å². The van der Waals surface area contributed by atoms with Crippen LogP contribution in [0.2, 0.25) is 0 Å². The lowest BCUT2D eigenvalue weighted by Gasteiger charge is -2.09. The summed E-state index contributed by atoms with van der Waals surface area (Å²) in [6, 6.07) is 1.02. The highest BCUT2D eigenvalue weighted by Gasteiger charge is 2.32. The Morgan fingerprint density at radius 3 is 2.38 bits per heavy atom. The van der Waals surface area contributed by atoms with Crippen LogP contribution in [0.5, 0.6) is 0 Å². The van der Waals surface area contributed by atoms with Crippen molar-refractivity contribution in [2.75, 3.05) is 12.4 Å². The number of rotatable bonds is 1. The maximum Gasteiger partial charge on any atom is 0.433 e. The molecule has 2 nitrogen and oxygen atoms in total. The summed E-state index contributed by atoms with van der Waals surface area (Å²) in [7, 11) is 1.64. The van der Waals surface area contributed by atoms with Gasteiger partial charge in [0.25, 0.3) is 0 Å². The number of hydrogen-bond acceptors (Lipinski definition) is 2. The number of pyridine rings is 1. The Morgan fingerprint density at radius 1 is 1.38 bits per heavy atom. The summed E-state index contributed by atoms with van der Waals surface area (Å²) >= 11 is 0. The summed E-state index contributed by atoms with van der Waals surface area (Å²) in [6.45, 7) is 1.60. The molecule has 0 saturated heterocycles. The van der Waals surface area contributed by atoms with E-state index >= 15 is 0 Å². The predicted octanol–water partition coefficient (Wildman–Crippen LogP) is 2.45. The van der Waals surface area contributed by atoms with Gasteiger partial charge in [-0.2, -0.15) is 13.2 Å². The maximum absolute atomic E-state index is 12.1. The molecule has 0 aromatic carbocycles. The third-order valence-electron chi connectivity index (χ3n) is 1.67. The molecule has 0 unspecified atom stereocenters. The maximum atomic E-state index is 12.1. The molecular weight excluding hydrogens is 181 g/mol. The van der Waals surface area contributed by atoms with E-state index in [-0.39, 0.29) is 0 Å². The van der Waals surface area contributed by atoms with Crippen LogP contribution in [0.3, 0.4) is 0 Å². The van der Waals surface area contributed by atoms with Gasteiger partial charge in [-0.3, -0.25) is 0 Å². The van der Waals surface area contributed by atoms with E-state index in [4.69, 9.17) is 0 Å². The van der Waals surface area contributed by atoms with Crippen molar-refractivity contribution in [3.05, 3.63) is 23.5 Å². The first-order valence-corrected chi connectivity index (χ1v) is 3.66. The molecular formula is C8H9F3N2. The summed E-state index contributed by atoms with van der Waals surface area (Å²) in [5, 5.41) is 2.74. The SMILES string of the molecule is CNc1cnc(C(F)(F)F)cc1C. The van der Waals surface area contributed by atoms with Crippen LogP contribution in [0.1, 0.15) is 11.3 Å². The van der Waals surface area contributed by atoms with Crippen molar-refractivity contribution in [2.24, 2.45) is 0 Å². The largest absolute Gasteiger partial charge is 0.433 e. The molecule has 5 heteroatoms. The van der Waals surface area contributed by atoms with E-state index < -0.39 is 11.9 Å². The predicted molar refractivity (Wildman–Crippen MR) is 43.5 cm³/mol. The highest BCUT2D eigenvalue weighted by Crippen LogP contribution is 2.29. The van der Waals surface area contributed by atoms with E-state index in [0.29, 0.717) is 11.3 Å². The van der Waals surface area contributed by atoms with Crippen LogP contribution in [0.15, 0.2) is 12.3 Å². The normalized spacial score (nSPS) is 11.5. The quantitative estimate of drug-likeness (QED) is 0.735. The smallest absolute Gasteiger partial charge is 0.387 e. The fourth-order valence-electron chi connectivity index (χ4n) is 0.973. The van der Waals surface area contributed by atoms with Gasteiger partial charge in [0.1, 0.15) is 5.69 Å². The van der Waals surface area contributed by atoms with Crippen LogP contribution >= 0.6 is 0 Å². The number of anilines is 1. The third-order valence-corrected chi connectivity index (χ3v) is 1.67. The molecule has 0 radical (unpaired) electrons. The number of hydrogen-bond donors (Lipinski definition) is 1. The van der Waals surface area contributed by atoms with Crippen molar-refractivity contribution in [2.45, 2.75) is 13.1 Å². The van der Waals surface area contributed by atoms with Gasteiger partial charge >= 0.3 is 6.18 Å². The molecule has 0 amide bonds. The molecule has 0 aliphatic rings. The fourth-order valence-corrected chi connectivity index (χ4v) is 0.973. The molecule has 1 aromatic rings. The summed E-state index contributed by atoms with van der Waals surface area (Å²) < 4.78 is 36.4. The monoisotopic (exact) mass is 190 g/mol. The molecule has 0 aliphatic carbocycles. The number of aryl methyl sites for hydroxylation is 1. The van der Waals surface area contributed by atoms with Gasteiger partial charge in [0.05, 0.1) is 11.9 Å². The topological polar surface area (TPSA) is 24.9 Å². The van der Waals surface area contributed by atoms with Crippen LogP contribution in [0, 0.1) is 6.92 Å². The molecule has 1 rings (SSSR count). The number of nitrogens with zero attached hydrogens (tertiary/aromatic N) is 1. The van der Waals surface area contributed by atoms with Crippen molar-refractivity contribution in [3.8, 4) is 0 Å². The molecule has 13 heavy (non-hydrogen) atoms. The highest BCUT2D eigenvalue weighted by atomic mass is 19.4. The van der Waals surface area contributed by atoms with Gasteiger partial charge in [0.15, 0.2) is 0 Å². The van der Waals surface area contributed by atoms with E-state index in [1.807, 2.05) is 0 Å². The van der Waals surface area contributed by atoms with Gasteiger partial charge in [-0.25, -0.2) is 4.98 Å². The Kier molecular flexibility index (Phi) is 2.45. The molecule has 0 saturated carbocycles. The van der Waals surface area contributed by atoms with E-state index in [0.717, 1.165) is 6.07 Å². The van der Waals surface area contributed by atoms with Crippen molar-refractivity contribution < 1.29 is 13.2 Å². The molecule has 0 atom stereocenters. The zero-order chi connectivity index (χ0) is 10.1. The van der Waals surface area contributed by atoms with Crippen LogP contribution < -0.4 is 5.32 Å². The van der Waals surface area contributed by atoms with Gasteiger partial charge < -0.3 is 5.32 Å². The van der Waals surface area contributed by atoms with Crippen molar-refractivity contribution in [1.29, 1.82) is 0 Å². The molecule has 72 valence electrons. The minimum Gasteiger partial charge on any atom is -0.387 e. The van der Waals surface area contributed by atoms with Crippen molar-refractivity contribution in [3.63, 3.8) is 0 Å². The Hall–Kier alpha value is -1.26. The third kappa shape index (κ3) is 2.11. The van der Waals surface area contributed by atoms with Crippen LogP contribution in [-0.2, 0) is 6.18 Å². The zero-order valence-corrected chi connectivity index (χ0v) is 7.24. The number of alkyl halides is 3. The lowest BCUT2D eigenvalue weighted by Crippen LogP contribution is -2.08. The second kappa shape index (κ2) is 3.24. The average Bonchev–Trinajstić information content (AvgIpc) is 2.02. The second-order valence-corrected chi connectivity index (χ2v) is 2.63. The van der Waals surface area contributed by atoms with E-state index in [1.165, 1.54) is 6.20 Å².